The summed E-state index contributed by atoms with van der Waals surface area (Å²) in [7, 11) is 3.02. The number of aryl methyl sites for hydroxylation is 1. The van der Waals surface area contributed by atoms with Crippen molar-refractivity contribution in [3.05, 3.63) is 64.3 Å². The molecule has 3 heterocycles. The summed E-state index contributed by atoms with van der Waals surface area (Å²) < 4.78 is 37.0. The van der Waals surface area contributed by atoms with E-state index in [9.17, 15) is 14.3 Å². The number of pyridine rings is 3. The summed E-state index contributed by atoms with van der Waals surface area (Å²) >= 11 is 3.18. The SMILES string of the molecule is COCCOc1cc2nccc(Oc3ccc(NC(=O)c4cnc(C)c(Br)c4O)cc3F)c2nc1OC. The van der Waals surface area contributed by atoms with E-state index in [2.05, 4.69) is 36.2 Å². The van der Waals surface area contributed by atoms with Gasteiger partial charge in [-0.3, -0.25) is 14.8 Å². The second-order valence-corrected chi connectivity index (χ2v) is 8.43. The number of aromatic nitrogens is 3. The van der Waals surface area contributed by atoms with Gasteiger partial charge in [0.05, 0.1) is 29.4 Å². The van der Waals surface area contributed by atoms with E-state index in [4.69, 9.17) is 18.9 Å². The first-order valence-corrected chi connectivity index (χ1v) is 11.7. The van der Waals surface area contributed by atoms with Gasteiger partial charge in [0.1, 0.15) is 23.4 Å². The first-order chi connectivity index (χ1) is 17.8. The number of carbonyl (C=O) groups is 1. The fourth-order valence-corrected chi connectivity index (χ4v) is 3.61. The predicted molar refractivity (Wildman–Crippen MR) is 136 cm³/mol. The number of benzene rings is 1. The molecule has 0 atom stereocenters. The zero-order valence-electron chi connectivity index (χ0n) is 20.0. The fraction of sp³-hybridized carbons (Fsp3) is 0.200. The number of methoxy groups -OCH3 is 2. The number of anilines is 1. The molecule has 0 radical (unpaired) electrons. The molecule has 3 aromatic heterocycles. The molecule has 0 spiro atoms. The van der Waals surface area contributed by atoms with Crippen molar-refractivity contribution in [3.63, 3.8) is 0 Å². The Hall–Kier alpha value is -4.03. The molecule has 192 valence electrons. The summed E-state index contributed by atoms with van der Waals surface area (Å²) in [6, 6.07) is 7.11. The van der Waals surface area contributed by atoms with Crippen molar-refractivity contribution >= 4 is 38.6 Å². The topological polar surface area (TPSA) is 125 Å². The summed E-state index contributed by atoms with van der Waals surface area (Å²) in [6.07, 6.45) is 2.74. The van der Waals surface area contributed by atoms with E-state index in [1.54, 1.807) is 26.2 Å². The van der Waals surface area contributed by atoms with Gasteiger partial charge < -0.3 is 29.4 Å². The molecule has 0 bridgehead atoms. The van der Waals surface area contributed by atoms with Crippen LogP contribution in [0.15, 0.2) is 47.2 Å². The minimum absolute atomic E-state index is 0.0629. The number of carbonyl (C=O) groups excluding carboxylic acids is 1. The van der Waals surface area contributed by atoms with Crippen molar-refractivity contribution in [2.45, 2.75) is 6.92 Å². The van der Waals surface area contributed by atoms with Crippen molar-refractivity contribution < 1.29 is 33.2 Å². The third-order valence-electron chi connectivity index (χ3n) is 5.17. The van der Waals surface area contributed by atoms with Gasteiger partial charge in [0.2, 0.25) is 0 Å². The number of fused-ring (bicyclic) bond motifs is 1. The Morgan fingerprint density at radius 3 is 2.65 bits per heavy atom. The van der Waals surface area contributed by atoms with Crippen LogP contribution in [0.4, 0.5) is 10.1 Å². The number of hydrogen-bond acceptors (Lipinski definition) is 9. The van der Waals surface area contributed by atoms with Gasteiger partial charge >= 0.3 is 0 Å². The van der Waals surface area contributed by atoms with Gasteiger partial charge in [-0.1, -0.05) is 0 Å². The number of ether oxygens (including phenoxy) is 4. The van der Waals surface area contributed by atoms with Crippen LogP contribution >= 0.6 is 15.9 Å². The molecule has 0 unspecified atom stereocenters. The molecule has 10 nitrogen and oxygen atoms in total. The third-order valence-corrected chi connectivity index (χ3v) is 6.12. The standard InChI is InChI=1S/C25H22BrFN4O6/c1-13-21(26)23(32)15(12-29-13)24(33)30-14-4-5-18(16(27)10-14)37-19-6-7-28-17-11-20(36-9-8-34-2)25(35-3)31-22(17)19/h4-7,10-12H,8-9H2,1-3H3,(H,29,32)(H,30,33). The number of halogens is 2. The minimum Gasteiger partial charge on any atom is -0.506 e. The first kappa shape index (κ1) is 26.0. The number of nitrogens with one attached hydrogen (secondary N) is 1. The maximum atomic E-state index is 14.9. The lowest BCUT2D eigenvalue weighted by Gasteiger charge is -2.13. The molecule has 4 aromatic rings. The fourth-order valence-electron chi connectivity index (χ4n) is 3.29. The van der Waals surface area contributed by atoms with Gasteiger partial charge in [0, 0.05) is 43.4 Å². The van der Waals surface area contributed by atoms with E-state index in [0.717, 1.165) is 6.07 Å². The number of hydrogen-bond donors (Lipinski definition) is 2. The lowest BCUT2D eigenvalue weighted by molar-refractivity contribution is 0.102. The average molecular weight is 573 g/mol. The van der Waals surface area contributed by atoms with Crippen molar-refractivity contribution in [2.75, 3.05) is 32.8 Å². The molecular formula is C25H22BrFN4O6. The second-order valence-electron chi connectivity index (χ2n) is 7.64. The summed E-state index contributed by atoms with van der Waals surface area (Å²) in [5.41, 5.74) is 1.40. The van der Waals surface area contributed by atoms with Crippen LogP contribution < -0.4 is 19.5 Å². The van der Waals surface area contributed by atoms with E-state index in [-0.39, 0.29) is 34.4 Å². The molecule has 0 saturated heterocycles. The maximum absolute atomic E-state index is 14.9. The Bertz CT molecular complexity index is 1470. The summed E-state index contributed by atoms with van der Waals surface area (Å²) in [4.78, 5) is 25.3. The van der Waals surface area contributed by atoms with E-state index in [1.807, 2.05) is 0 Å². The highest BCUT2D eigenvalue weighted by atomic mass is 79.9. The van der Waals surface area contributed by atoms with E-state index in [0.29, 0.717) is 40.2 Å². The number of aromatic hydroxyl groups is 1. The molecular weight excluding hydrogens is 551 g/mol. The van der Waals surface area contributed by atoms with E-state index >= 15 is 0 Å². The number of amides is 1. The molecule has 1 aromatic carbocycles. The molecule has 0 aliphatic heterocycles. The normalized spacial score (nSPS) is 10.8. The van der Waals surface area contributed by atoms with Crippen molar-refractivity contribution in [3.8, 4) is 28.9 Å². The van der Waals surface area contributed by atoms with Crippen LogP contribution in [0, 0.1) is 12.7 Å². The molecule has 2 N–H and O–H groups in total. The lowest BCUT2D eigenvalue weighted by Crippen LogP contribution is -2.13. The van der Waals surface area contributed by atoms with Crippen LogP contribution in [0.5, 0.6) is 28.9 Å². The molecule has 0 saturated carbocycles. The van der Waals surface area contributed by atoms with Crippen LogP contribution in [0.2, 0.25) is 0 Å². The van der Waals surface area contributed by atoms with Gasteiger partial charge in [-0.05, 0) is 35.0 Å². The lowest BCUT2D eigenvalue weighted by atomic mass is 10.2. The monoisotopic (exact) mass is 572 g/mol. The minimum atomic E-state index is -0.735. The highest BCUT2D eigenvalue weighted by Crippen LogP contribution is 2.35. The Kier molecular flexibility index (Phi) is 7.99. The third kappa shape index (κ3) is 5.70. The Morgan fingerprint density at radius 2 is 1.92 bits per heavy atom. The Morgan fingerprint density at radius 1 is 1.11 bits per heavy atom. The molecule has 4 rings (SSSR count). The van der Waals surface area contributed by atoms with Crippen molar-refractivity contribution in [1.29, 1.82) is 0 Å². The first-order valence-electron chi connectivity index (χ1n) is 10.9. The largest absolute Gasteiger partial charge is 0.506 e. The molecule has 0 aliphatic carbocycles. The highest BCUT2D eigenvalue weighted by molar-refractivity contribution is 9.10. The maximum Gasteiger partial charge on any atom is 0.261 e. The molecule has 37 heavy (non-hydrogen) atoms. The van der Waals surface area contributed by atoms with Gasteiger partial charge in [-0.2, -0.15) is 0 Å². The van der Waals surface area contributed by atoms with Gasteiger partial charge in [0.15, 0.2) is 23.1 Å². The van der Waals surface area contributed by atoms with Crippen LogP contribution in [-0.2, 0) is 4.74 Å². The van der Waals surface area contributed by atoms with Gasteiger partial charge in [-0.15, -0.1) is 0 Å². The summed E-state index contributed by atoms with van der Waals surface area (Å²) in [5, 5.41) is 12.7. The van der Waals surface area contributed by atoms with Gasteiger partial charge in [-0.25, -0.2) is 9.37 Å². The number of rotatable bonds is 9. The van der Waals surface area contributed by atoms with E-state index < -0.39 is 11.7 Å². The molecule has 0 fully saturated rings. The van der Waals surface area contributed by atoms with E-state index in [1.165, 1.54) is 31.6 Å². The van der Waals surface area contributed by atoms with Crippen molar-refractivity contribution in [1.82, 2.24) is 15.0 Å². The zero-order chi connectivity index (χ0) is 26.5. The summed E-state index contributed by atoms with van der Waals surface area (Å²) in [5.74, 6) is -0.923. The smallest absolute Gasteiger partial charge is 0.261 e. The second kappa shape index (κ2) is 11.4. The Labute approximate surface area is 219 Å². The predicted octanol–water partition coefficient (Wildman–Crippen LogP) is 5.02. The van der Waals surface area contributed by atoms with Crippen molar-refractivity contribution in [2.24, 2.45) is 0 Å². The average Bonchev–Trinajstić information content (AvgIpc) is 2.88. The van der Waals surface area contributed by atoms with Gasteiger partial charge in [0.25, 0.3) is 11.8 Å². The van der Waals surface area contributed by atoms with Crippen LogP contribution in [-0.4, -0.2) is 53.4 Å². The van der Waals surface area contributed by atoms with Crippen LogP contribution in [0.25, 0.3) is 11.0 Å². The number of nitrogens with zero attached hydrogens (tertiary/aromatic N) is 3. The Balaban J connectivity index is 1.56. The van der Waals surface area contributed by atoms with Crippen LogP contribution in [0.3, 0.4) is 0 Å². The molecule has 1 amide bonds. The molecule has 12 heteroatoms. The summed E-state index contributed by atoms with van der Waals surface area (Å²) in [6.45, 7) is 2.35. The quantitative estimate of drug-likeness (QED) is 0.266. The highest BCUT2D eigenvalue weighted by Gasteiger charge is 2.18. The molecule has 0 aliphatic rings. The van der Waals surface area contributed by atoms with Crippen LogP contribution in [0.1, 0.15) is 16.1 Å². The zero-order valence-corrected chi connectivity index (χ0v) is 21.6.